The van der Waals surface area contributed by atoms with Crippen LogP contribution < -0.4 is 4.57 Å². The Hall–Kier alpha value is -1.35. The molecule has 0 bridgehead atoms. The van der Waals surface area contributed by atoms with Crippen LogP contribution in [0.3, 0.4) is 0 Å². The molecule has 0 saturated carbocycles. The predicted molar refractivity (Wildman–Crippen MR) is 59.5 cm³/mol. The second-order valence-corrected chi connectivity index (χ2v) is 4.05. The number of aryl methyl sites for hydroxylation is 1. The van der Waals surface area contributed by atoms with Gasteiger partial charge in [0.2, 0.25) is 0 Å². The maximum atomic E-state index is 9.47. The SMILES string of the molecule is Cc1n(CC(C)O)c2ccccc2[n+]1C. The molecule has 0 radical (unpaired) electrons. The van der Waals surface area contributed by atoms with E-state index >= 15 is 0 Å². The molecule has 1 atom stereocenters. The van der Waals surface area contributed by atoms with E-state index in [1.807, 2.05) is 19.1 Å². The Labute approximate surface area is 89.6 Å². The number of fused-ring (bicyclic) bond motifs is 1. The third kappa shape index (κ3) is 1.63. The van der Waals surface area contributed by atoms with Crippen molar-refractivity contribution >= 4 is 11.0 Å². The van der Waals surface area contributed by atoms with Crippen molar-refractivity contribution in [1.29, 1.82) is 0 Å². The number of aliphatic hydroxyl groups excluding tert-OH is 1. The molecule has 1 aromatic carbocycles. The molecule has 1 N–H and O–H groups in total. The van der Waals surface area contributed by atoms with Crippen molar-refractivity contribution in [2.45, 2.75) is 26.5 Å². The molecule has 2 rings (SSSR count). The van der Waals surface area contributed by atoms with Crippen LogP contribution in [0.1, 0.15) is 12.7 Å². The molecular formula is C12H17N2O+. The van der Waals surface area contributed by atoms with Crippen molar-refractivity contribution in [2.75, 3.05) is 0 Å². The van der Waals surface area contributed by atoms with Gasteiger partial charge in [0.15, 0.2) is 11.0 Å². The topological polar surface area (TPSA) is 29.0 Å². The minimum atomic E-state index is -0.320. The molecule has 15 heavy (non-hydrogen) atoms. The number of aromatic nitrogens is 2. The largest absolute Gasteiger partial charge is 0.389 e. The lowest BCUT2D eigenvalue weighted by Crippen LogP contribution is -2.31. The van der Waals surface area contributed by atoms with E-state index in [0.717, 1.165) is 5.82 Å². The molecule has 0 aliphatic heterocycles. The monoisotopic (exact) mass is 205 g/mol. The van der Waals surface area contributed by atoms with Crippen molar-refractivity contribution in [1.82, 2.24) is 4.57 Å². The van der Waals surface area contributed by atoms with Crippen molar-refractivity contribution in [3.8, 4) is 0 Å². The van der Waals surface area contributed by atoms with Crippen LogP contribution in [0.2, 0.25) is 0 Å². The molecular weight excluding hydrogens is 188 g/mol. The van der Waals surface area contributed by atoms with Gasteiger partial charge in [0.1, 0.15) is 6.54 Å². The fraction of sp³-hybridized carbons (Fsp3) is 0.417. The van der Waals surface area contributed by atoms with Crippen molar-refractivity contribution < 1.29 is 9.67 Å². The Morgan fingerprint density at radius 3 is 2.73 bits per heavy atom. The average molecular weight is 205 g/mol. The van der Waals surface area contributed by atoms with Gasteiger partial charge >= 0.3 is 0 Å². The maximum absolute atomic E-state index is 9.47. The van der Waals surface area contributed by atoms with E-state index in [9.17, 15) is 5.11 Å². The Kier molecular flexibility index (Phi) is 2.49. The lowest BCUT2D eigenvalue weighted by Gasteiger charge is -2.02. The number of aliphatic hydroxyl groups is 1. The highest BCUT2D eigenvalue weighted by Crippen LogP contribution is 2.13. The van der Waals surface area contributed by atoms with Crippen LogP contribution >= 0.6 is 0 Å². The molecule has 0 fully saturated rings. The van der Waals surface area contributed by atoms with E-state index in [2.05, 4.69) is 35.2 Å². The Morgan fingerprint density at radius 1 is 1.40 bits per heavy atom. The molecule has 3 nitrogen and oxygen atoms in total. The summed E-state index contributed by atoms with van der Waals surface area (Å²) in [6, 6.07) is 8.25. The first kappa shape index (κ1) is 10.2. The van der Waals surface area contributed by atoms with Crippen LogP contribution in [-0.2, 0) is 13.6 Å². The van der Waals surface area contributed by atoms with Crippen LogP contribution in [0, 0.1) is 6.92 Å². The molecule has 1 aromatic heterocycles. The molecule has 0 amide bonds. The maximum Gasteiger partial charge on any atom is 0.254 e. The van der Waals surface area contributed by atoms with E-state index in [-0.39, 0.29) is 6.10 Å². The molecule has 2 aromatic rings. The van der Waals surface area contributed by atoms with Gasteiger partial charge in [-0.05, 0) is 19.1 Å². The Morgan fingerprint density at radius 2 is 2.07 bits per heavy atom. The molecule has 1 heterocycles. The first-order valence-electron chi connectivity index (χ1n) is 5.23. The summed E-state index contributed by atoms with van der Waals surface area (Å²) < 4.78 is 4.30. The summed E-state index contributed by atoms with van der Waals surface area (Å²) in [4.78, 5) is 0. The Balaban J connectivity index is 2.66. The van der Waals surface area contributed by atoms with Gasteiger partial charge in [-0.1, -0.05) is 12.1 Å². The summed E-state index contributed by atoms with van der Waals surface area (Å²) in [5.74, 6) is 1.16. The summed E-state index contributed by atoms with van der Waals surface area (Å²) in [6.45, 7) is 4.53. The number of nitrogens with zero attached hydrogens (tertiary/aromatic N) is 2. The van der Waals surface area contributed by atoms with E-state index < -0.39 is 0 Å². The van der Waals surface area contributed by atoms with Crippen LogP contribution in [-0.4, -0.2) is 15.8 Å². The molecule has 0 aliphatic carbocycles. The normalized spacial score (nSPS) is 13.3. The standard InChI is InChI=1S/C12H17N2O/c1-9(15)8-14-10(2)13(3)11-6-4-5-7-12(11)14/h4-7,9,15H,8H2,1-3H3/q+1. The fourth-order valence-corrected chi connectivity index (χ4v) is 2.00. The third-order valence-corrected chi connectivity index (χ3v) is 2.86. The summed E-state index contributed by atoms with van der Waals surface area (Å²) in [5, 5.41) is 9.47. The van der Waals surface area contributed by atoms with Gasteiger partial charge in [-0.3, -0.25) is 0 Å². The van der Waals surface area contributed by atoms with Gasteiger partial charge in [0.25, 0.3) is 5.82 Å². The van der Waals surface area contributed by atoms with E-state index in [1.165, 1.54) is 11.0 Å². The molecule has 3 heteroatoms. The fourth-order valence-electron chi connectivity index (χ4n) is 2.00. The van der Waals surface area contributed by atoms with Gasteiger partial charge in [-0.15, -0.1) is 0 Å². The van der Waals surface area contributed by atoms with Crippen molar-refractivity contribution in [3.05, 3.63) is 30.1 Å². The van der Waals surface area contributed by atoms with Gasteiger partial charge in [-0.25, -0.2) is 9.13 Å². The van der Waals surface area contributed by atoms with Gasteiger partial charge in [0, 0.05) is 6.92 Å². The average Bonchev–Trinajstić information content (AvgIpc) is 2.44. The quantitative estimate of drug-likeness (QED) is 0.732. The predicted octanol–water partition coefficient (Wildman–Crippen LogP) is 1.16. The lowest BCUT2D eigenvalue weighted by atomic mass is 10.3. The zero-order valence-electron chi connectivity index (χ0n) is 9.44. The smallest absolute Gasteiger partial charge is 0.254 e. The van der Waals surface area contributed by atoms with Crippen molar-refractivity contribution in [3.63, 3.8) is 0 Å². The summed E-state index contributed by atoms with van der Waals surface area (Å²) >= 11 is 0. The summed E-state index contributed by atoms with van der Waals surface area (Å²) in [5.41, 5.74) is 2.38. The van der Waals surface area contributed by atoms with Crippen LogP contribution in [0.15, 0.2) is 24.3 Å². The number of benzene rings is 1. The second kappa shape index (κ2) is 3.66. The highest BCUT2D eigenvalue weighted by molar-refractivity contribution is 5.72. The number of para-hydroxylation sites is 2. The minimum Gasteiger partial charge on any atom is -0.389 e. The second-order valence-electron chi connectivity index (χ2n) is 4.05. The first-order chi connectivity index (χ1) is 7.11. The highest BCUT2D eigenvalue weighted by atomic mass is 16.3. The van der Waals surface area contributed by atoms with Crippen LogP contribution in [0.5, 0.6) is 0 Å². The number of rotatable bonds is 2. The molecule has 0 spiro atoms. The molecule has 80 valence electrons. The zero-order chi connectivity index (χ0) is 11.0. The summed E-state index contributed by atoms with van der Waals surface area (Å²) in [6.07, 6.45) is -0.320. The third-order valence-electron chi connectivity index (χ3n) is 2.86. The number of hydrogen-bond acceptors (Lipinski definition) is 1. The Bertz CT molecular complexity index is 486. The summed E-state index contributed by atoms with van der Waals surface area (Å²) in [7, 11) is 2.05. The molecule has 1 unspecified atom stereocenters. The number of imidazole rings is 1. The van der Waals surface area contributed by atoms with Crippen LogP contribution in [0.4, 0.5) is 0 Å². The minimum absolute atomic E-state index is 0.320. The zero-order valence-corrected chi connectivity index (χ0v) is 9.44. The van der Waals surface area contributed by atoms with Gasteiger partial charge in [0.05, 0.1) is 13.2 Å². The highest BCUT2D eigenvalue weighted by Gasteiger charge is 2.19. The van der Waals surface area contributed by atoms with Gasteiger partial charge in [-0.2, -0.15) is 0 Å². The molecule has 0 saturated heterocycles. The molecule has 0 aliphatic rings. The lowest BCUT2D eigenvalue weighted by molar-refractivity contribution is -0.652. The van der Waals surface area contributed by atoms with Gasteiger partial charge < -0.3 is 5.11 Å². The van der Waals surface area contributed by atoms with Crippen molar-refractivity contribution in [2.24, 2.45) is 7.05 Å². The van der Waals surface area contributed by atoms with E-state index in [4.69, 9.17) is 0 Å². The van der Waals surface area contributed by atoms with Crippen LogP contribution in [0.25, 0.3) is 11.0 Å². The number of hydrogen-bond donors (Lipinski definition) is 1. The van der Waals surface area contributed by atoms with E-state index in [0.29, 0.717) is 6.54 Å². The van der Waals surface area contributed by atoms with E-state index in [1.54, 1.807) is 0 Å². The first-order valence-corrected chi connectivity index (χ1v) is 5.23.